The molecular weight excluding hydrogens is 260 g/mol. The number of anilines is 1. The van der Waals surface area contributed by atoms with E-state index in [1.165, 1.54) is 16.8 Å². The van der Waals surface area contributed by atoms with Gasteiger partial charge in [0.1, 0.15) is 0 Å². The van der Waals surface area contributed by atoms with Crippen LogP contribution in [-0.4, -0.2) is 40.4 Å². The van der Waals surface area contributed by atoms with Gasteiger partial charge in [-0.2, -0.15) is 5.10 Å². The first kappa shape index (κ1) is 14.1. The summed E-state index contributed by atoms with van der Waals surface area (Å²) in [6, 6.07) is 9.42. The summed E-state index contributed by atoms with van der Waals surface area (Å²) in [4.78, 5) is 5.03. The minimum absolute atomic E-state index is 0.556. The molecule has 0 N–H and O–H groups in total. The van der Waals surface area contributed by atoms with E-state index < -0.39 is 0 Å². The van der Waals surface area contributed by atoms with Crippen molar-refractivity contribution in [3.8, 4) is 0 Å². The molecule has 112 valence electrons. The molecule has 0 amide bonds. The fraction of sp³-hybridized carbons (Fsp3) is 0.471. The third-order valence-corrected chi connectivity index (χ3v) is 4.31. The molecule has 1 aliphatic heterocycles. The fourth-order valence-corrected chi connectivity index (χ4v) is 3.01. The molecule has 1 saturated heterocycles. The van der Waals surface area contributed by atoms with Crippen LogP contribution < -0.4 is 4.90 Å². The molecule has 1 fully saturated rings. The van der Waals surface area contributed by atoms with Crippen LogP contribution in [0.15, 0.2) is 36.7 Å². The molecule has 4 nitrogen and oxygen atoms in total. The first-order chi connectivity index (χ1) is 10.1. The maximum absolute atomic E-state index is 4.26. The van der Waals surface area contributed by atoms with Crippen LogP contribution in [0.3, 0.4) is 0 Å². The Kier molecular flexibility index (Phi) is 3.97. The van der Waals surface area contributed by atoms with Crippen molar-refractivity contribution in [2.75, 3.05) is 24.5 Å². The molecule has 2 heterocycles. The Balaban J connectivity index is 1.62. The van der Waals surface area contributed by atoms with E-state index in [0.717, 1.165) is 26.2 Å². The third-order valence-electron chi connectivity index (χ3n) is 4.31. The van der Waals surface area contributed by atoms with Crippen molar-refractivity contribution >= 4 is 5.69 Å². The fourth-order valence-electron chi connectivity index (χ4n) is 3.01. The Morgan fingerprint density at radius 3 is 2.57 bits per heavy atom. The normalized spacial score (nSPS) is 20.0. The van der Waals surface area contributed by atoms with Gasteiger partial charge in [0.15, 0.2) is 0 Å². The molecule has 0 unspecified atom stereocenters. The van der Waals surface area contributed by atoms with Crippen LogP contribution >= 0.6 is 0 Å². The van der Waals surface area contributed by atoms with Gasteiger partial charge in [0.25, 0.3) is 0 Å². The molecule has 21 heavy (non-hydrogen) atoms. The smallest absolute Gasteiger partial charge is 0.0534 e. The molecule has 0 aliphatic carbocycles. The zero-order valence-corrected chi connectivity index (χ0v) is 13.2. The second kappa shape index (κ2) is 5.90. The van der Waals surface area contributed by atoms with Gasteiger partial charge in [-0.15, -0.1) is 0 Å². The van der Waals surface area contributed by atoms with Crippen LogP contribution in [0.2, 0.25) is 0 Å². The van der Waals surface area contributed by atoms with Crippen molar-refractivity contribution in [3.05, 3.63) is 47.8 Å². The van der Waals surface area contributed by atoms with Gasteiger partial charge in [0.05, 0.1) is 6.20 Å². The molecule has 0 spiro atoms. The lowest BCUT2D eigenvalue weighted by Crippen LogP contribution is -2.51. The molecule has 1 aliphatic rings. The highest BCUT2D eigenvalue weighted by Gasteiger charge is 2.24. The van der Waals surface area contributed by atoms with Crippen molar-refractivity contribution < 1.29 is 0 Å². The molecule has 4 heteroatoms. The Morgan fingerprint density at radius 1 is 1.19 bits per heavy atom. The molecule has 1 aromatic heterocycles. The molecule has 0 saturated carbocycles. The van der Waals surface area contributed by atoms with Gasteiger partial charge in [-0.05, 0) is 26.0 Å². The number of aromatic nitrogens is 2. The number of benzene rings is 1. The number of hydrogen-bond donors (Lipinski definition) is 0. The summed E-state index contributed by atoms with van der Waals surface area (Å²) >= 11 is 0. The largest absolute Gasteiger partial charge is 0.369 e. The Bertz CT molecular complexity index is 587. The van der Waals surface area contributed by atoms with E-state index in [2.05, 4.69) is 59.2 Å². The van der Waals surface area contributed by atoms with Crippen LogP contribution in [-0.2, 0) is 13.6 Å². The van der Waals surface area contributed by atoms with Crippen LogP contribution in [0.25, 0.3) is 0 Å². The number of aryl methyl sites for hydroxylation is 2. The lowest BCUT2D eigenvalue weighted by molar-refractivity contribution is 0.181. The number of piperazine rings is 1. The van der Waals surface area contributed by atoms with Gasteiger partial charge in [-0.3, -0.25) is 9.58 Å². The molecule has 2 aromatic rings. The topological polar surface area (TPSA) is 24.3 Å². The van der Waals surface area contributed by atoms with Crippen molar-refractivity contribution in [1.29, 1.82) is 0 Å². The molecule has 0 bridgehead atoms. The van der Waals surface area contributed by atoms with Crippen LogP contribution in [0, 0.1) is 6.92 Å². The van der Waals surface area contributed by atoms with Crippen LogP contribution in [0.5, 0.6) is 0 Å². The monoisotopic (exact) mass is 284 g/mol. The van der Waals surface area contributed by atoms with Gasteiger partial charge in [-0.1, -0.05) is 17.7 Å². The van der Waals surface area contributed by atoms with Gasteiger partial charge < -0.3 is 4.90 Å². The molecular formula is C17H24N4. The Hall–Kier alpha value is -1.81. The third kappa shape index (κ3) is 3.27. The number of nitrogens with zero attached hydrogens (tertiary/aromatic N) is 4. The SMILES string of the molecule is Cc1ccc(N2CCN(Cc3cnn(C)c3)[C@H](C)C2)cc1. The summed E-state index contributed by atoms with van der Waals surface area (Å²) in [6.07, 6.45) is 4.08. The van der Waals surface area contributed by atoms with Gasteiger partial charge in [-0.25, -0.2) is 0 Å². The predicted molar refractivity (Wildman–Crippen MR) is 86.5 cm³/mol. The van der Waals surface area contributed by atoms with E-state index in [-0.39, 0.29) is 0 Å². The first-order valence-corrected chi connectivity index (χ1v) is 7.65. The quantitative estimate of drug-likeness (QED) is 0.865. The maximum Gasteiger partial charge on any atom is 0.0534 e. The highest BCUT2D eigenvalue weighted by Crippen LogP contribution is 2.20. The number of hydrogen-bond acceptors (Lipinski definition) is 3. The second-order valence-electron chi connectivity index (χ2n) is 6.12. The molecule has 3 rings (SSSR count). The zero-order chi connectivity index (χ0) is 14.8. The van der Waals surface area contributed by atoms with Gasteiger partial charge in [0, 0.05) is 56.7 Å². The van der Waals surface area contributed by atoms with E-state index in [9.17, 15) is 0 Å². The summed E-state index contributed by atoms with van der Waals surface area (Å²) in [5, 5.41) is 4.26. The minimum Gasteiger partial charge on any atom is -0.369 e. The maximum atomic E-state index is 4.26. The van der Waals surface area contributed by atoms with Crippen molar-refractivity contribution in [2.45, 2.75) is 26.4 Å². The van der Waals surface area contributed by atoms with E-state index in [1.54, 1.807) is 0 Å². The molecule has 1 atom stereocenters. The van der Waals surface area contributed by atoms with Crippen molar-refractivity contribution in [1.82, 2.24) is 14.7 Å². The predicted octanol–water partition coefficient (Wildman–Crippen LogP) is 2.44. The van der Waals surface area contributed by atoms with Crippen molar-refractivity contribution in [3.63, 3.8) is 0 Å². The summed E-state index contributed by atoms with van der Waals surface area (Å²) in [7, 11) is 1.97. The van der Waals surface area contributed by atoms with E-state index >= 15 is 0 Å². The van der Waals surface area contributed by atoms with E-state index in [0.29, 0.717) is 6.04 Å². The van der Waals surface area contributed by atoms with Gasteiger partial charge >= 0.3 is 0 Å². The van der Waals surface area contributed by atoms with Gasteiger partial charge in [0.2, 0.25) is 0 Å². The first-order valence-electron chi connectivity index (χ1n) is 7.65. The Labute approximate surface area is 127 Å². The minimum atomic E-state index is 0.556. The summed E-state index contributed by atoms with van der Waals surface area (Å²) in [5.74, 6) is 0. The molecule has 0 radical (unpaired) electrons. The summed E-state index contributed by atoms with van der Waals surface area (Å²) in [5.41, 5.74) is 3.96. The Morgan fingerprint density at radius 2 is 1.95 bits per heavy atom. The van der Waals surface area contributed by atoms with E-state index in [1.807, 2.05) is 17.9 Å². The summed E-state index contributed by atoms with van der Waals surface area (Å²) in [6.45, 7) is 8.73. The van der Waals surface area contributed by atoms with Crippen LogP contribution in [0.1, 0.15) is 18.1 Å². The molecule has 1 aromatic carbocycles. The van der Waals surface area contributed by atoms with Crippen molar-refractivity contribution in [2.24, 2.45) is 7.05 Å². The second-order valence-corrected chi connectivity index (χ2v) is 6.12. The zero-order valence-electron chi connectivity index (χ0n) is 13.2. The highest BCUT2D eigenvalue weighted by atomic mass is 15.3. The average Bonchev–Trinajstić information content (AvgIpc) is 2.87. The van der Waals surface area contributed by atoms with E-state index in [4.69, 9.17) is 0 Å². The number of rotatable bonds is 3. The lowest BCUT2D eigenvalue weighted by Gasteiger charge is -2.41. The standard InChI is InChI=1S/C17H24N4/c1-14-4-6-17(7-5-14)21-9-8-20(15(2)11-21)13-16-10-18-19(3)12-16/h4-7,10,12,15H,8-9,11,13H2,1-3H3/t15-/m1/s1. The highest BCUT2D eigenvalue weighted by molar-refractivity contribution is 5.48. The summed E-state index contributed by atoms with van der Waals surface area (Å²) < 4.78 is 1.88. The average molecular weight is 284 g/mol. The lowest BCUT2D eigenvalue weighted by atomic mass is 10.1. The van der Waals surface area contributed by atoms with Crippen LogP contribution in [0.4, 0.5) is 5.69 Å².